The number of halogens is 1. The van der Waals surface area contributed by atoms with Gasteiger partial charge in [0.2, 0.25) is 16.6 Å². The maximum Gasteiger partial charge on any atom is 0.337 e. The van der Waals surface area contributed by atoms with Gasteiger partial charge in [-0.15, -0.1) is 12.4 Å². The Bertz CT molecular complexity index is 387. The van der Waals surface area contributed by atoms with E-state index in [-0.39, 0.29) is 24.6 Å². The van der Waals surface area contributed by atoms with Gasteiger partial charge in [0.1, 0.15) is 0 Å². The standard InChI is InChI=1S/C9H18NO2.CH4O4S.ClH/c1-7(2)9(11)12-8(3)10(4,5)6;1-5-6(2,3)4;/h8H,1H2,2-6H3;1H3,(H,2,3,4);1H/q+1;;/p-1. The van der Waals surface area contributed by atoms with Gasteiger partial charge < -0.3 is 9.29 Å². The summed E-state index contributed by atoms with van der Waals surface area (Å²) in [4.78, 5) is 11.1. The Labute approximate surface area is 121 Å². The number of hydrogen-bond donors (Lipinski definition) is 0. The van der Waals surface area contributed by atoms with Crippen molar-refractivity contribution in [1.82, 2.24) is 0 Å². The second kappa shape index (κ2) is 9.27. The van der Waals surface area contributed by atoms with Gasteiger partial charge in [0, 0.05) is 12.5 Å². The zero-order valence-corrected chi connectivity index (χ0v) is 13.6. The monoisotopic (exact) mass is 319 g/mol. The van der Waals surface area contributed by atoms with E-state index in [9.17, 15) is 17.8 Å². The number of ether oxygens (including phenoxy) is 1. The fraction of sp³-hybridized carbons (Fsp3) is 0.700. The van der Waals surface area contributed by atoms with E-state index < -0.39 is 10.4 Å². The normalized spacial score (nSPS) is 12.4. The van der Waals surface area contributed by atoms with Gasteiger partial charge in [-0.3, -0.25) is 8.67 Å². The molecule has 0 aliphatic heterocycles. The first-order chi connectivity index (χ1) is 7.81. The van der Waals surface area contributed by atoms with Crippen LogP contribution in [0.1, 0.15) is 13.8 Å². The van der Waals surface area contributed by atoms with Gasteiger partial charge in [-0.2, -0.15) is 0 Å². The van der Waals surface area contributed by atoms with Crippen LogP contribution in [-0.4, -0.2) is 57.9 Å². The molecule has 19 heavy (non-hydrogen) atoms. The Morgan fingerprint density at radius 3 is 1.79 bits per heavy atom. The minimum Gasteiger partial charge on any atom is -0.726 e. The molecule has 0 saturated heterocycles. The van der Waals surface area contributed by atoms with Gasteiger partial charge in [-0.05, 0) is 6.92 Å². The van der Waals surface area contributed by atoms with Crippen LogP contribution in [0.4, 0.5) is 0 Å². The summed E-state index contributed by atoms with van der Waals surface area (Å²) in [5.74, 6) is -0.324. The largest absolute Gasteiger partial charge is 0.726 e. The van der Waals surface area contributed by atoms with Crippen molar-refractivity contribution in [3.05, 3.63) is 12.2 Å². The number of nitrogens with zero attached hydrogens (tertiary/aromatic N) is 1. The lowest BCUT2D eigenvalue weighted by Gasteiger charge is -2.30. The minimum atomic E-state index is -4.41. The zero-order valence-electron chi connectivity index (χ0n) is 12.0. The van der Waals surface area contributed by atoms with Crippen molar-refractivity contribution in [2.75, 3.05) is 28.3 Å². The molecule has 0 rings (SSSR count). The van der Waals surface area contributed by atoms with E-state index in [4.69, 9.17) is 4.74 Å². The van der Waals surface area contributed by atoms with E-state index >= 15 is 0 Å². The number of quaternary nitrogens is 1. The first kappa shape index (κ1) is 23.4. The Hall–Kier alpha value is -0.670. The van der Waals surface area contributed by atoms with Crippen LogP contribution in [-0.2, 0) is 24.1 Å². The number of carbonyl (C=O) groups excluding carboxylic acids is 1. The highest BCUT2D eigenvalue weighted by atomic mass is 35.5. The molecule has 1 atom stereocenters. The molecule has 1 unspecified atom stereocenters. The van der Waals surface area contributed by atoms with E-state index in [1.54, 1.807) is 6.92 Å². The quantitative estimate of drug-likeness (QED) is 0.189. The van der Waals surface area contributed by atoms with Gasteiger partial charge in [0.25, 0.3) is 0 Å². The van der Waals surface area contributed by atoms with Gasteiger partial charge >= 0.3 is 5.97 Å². The summed E-state index contributed by atoms with van der Waals surface area (Å²) in [6.45, 7) is 7.01. The molecule has 0 spiro atoms. The first-order valence-corrected chi connectivity index (χ1v) is 6.33. The Morgan fingerprint density at radius 2 is 1.63 bits per heavy atom. The van der Waals surface area contributed by atoms with Crippen LogP contribution in [0.5, 0.6) is 0 Å². The smallest absolute Gasteiger partial charge is 0.337 e. The molecule has 0 aromatic rings. The van der Waals surface area contributed by atoms with Crippen LogP contribution in [0.25, 0.3) is 0 Å². The van der Waals surface area contributed by atoms with Gasteiger partial charge in [-0.25, -0.2) is 13.2 Å². The van der Waals surface area contributed by atoms with Crippen molar-refractivity contribution >= 4 is 28.8 Å². The molecule has 0 radical (unpaired) electrons. The number of carbonyl (C=O) groups is 1. The lowest BCUT2D eigenvalue weighted by Crippen LogP contribution is -2.45. The molecule has 116 valence electrons. The second-order valence-corrected chi connectivity index (χ2v) is 5.63. The Morgan fingerprint density at radius 1 is 1.32 bits per heavy atom. The van der Waals surface area contributed by atoms with Crippen LogP contribution in [0.3, 0.4) is 0 Å². The molecule has 7 nitrogen and oxygen atoms in total. The van der Waals surface area contributed by atoms with Crippen molar-refractivity contribution in [1.29, 1.82) is 0 Å². The topological polar surface area (TPSA) is 92.7 Å². The first-order valence-electron chi connectivity index (χ1n) is 5.00. The predicted octanol–water partition coefficient (Wildman–Crippen LogP) is 0.673. The Balaban J connectivity index is -0.000000313. The highest BCUT2D eigenvalue weighted by Gasteiger charge is 2.22. The van der Waals surface area contributed by atoms with E-state index in [0.717, 1.165) is 7.11 Å². The summed E-state index contributed by atoms with van der Waals surface area (Å²) in [5.41, 5.74) is 0.440. The van der Waals surface area contributed by atoms with Crippen molar-refractivity contribution in [2.45, 2.75) is 20.1 Å². The van der Waals surface area contributed by atoms with E-state index in [2.05, 4.69) is 10.8 Å². The molecule has 0 N–H and O–H groups in total. The van der Waals surface area contributed by atoms with Crippen LogP contribution in [0.15, 0.2) is 12.2 Å². The highest BCUT2D eigenvalue weighted by molar-refractivity contribution is 7.80. The highest BCUT2D eigenvalue weighted by Crippen LogP contribution is 2.06. The fourth-order valence-electron chi connectivity index (χ4n) is 0.414. The number of esters is 1. The molecule has 0 aromatic heterocycles. The van der Waals surface area contributed by atoms with Crippen LogP contribution in [0, 0.1) is 0 Å². The van der Waals surface area contributed by atoms with Crippen LogP contribution >= 0.6 is 12.4 Å². The minimum absolute atomic E-state index is 0. The second-order valence-electron chi connectivity index (χ2n) is 4.48. The van der Waals surface area contributed by atoms with Crippen LogP contribution in [0.2, 0.25) is 0 Å². The lowest BCUT2D eigenvalue weighted by molar-refractivity contribution is -0.914. The third-order valence-electron chi connectivity index (χ3n) is 1.92. The lowest BCUT2D eigenvalue weighted by atomic mass is 10.3. The molecular weight excluding hydrogens is 298 g/mol. The molecule has 0 amide bonds. The van der Waals surface area contributed by atoms with E-state index in [1.165, 1.54) is 0 Å². The van der Waals surface area contributed by atoms with Gasteiger partial charge in [0.05, 0.1) is 28.3 Å². The molecule has 0 aliphatic carbocycles. The molecule has 9 heteroatoms. The predicted molar refractivity (Wildman–Crippen MR) is 72.4 cm³/mol. The fourth-order valence-corrected chi connectivity index (χ4v) is 0.414. The van der Waals surface area contributed by atoms with Crippen molar-refractivity contribution in [3.8, 4) is 0 Å². The molecule has 0 fully saturated rings. The maximum absolute atomic E-state index is 11.1. The van der Waals surface area contributed by atoms with Crippen molar-refractivity contribution in [3.63, 3.8) is 0 Å². The van der Waals surface area contributed by atoms with E-state index in [0.29, 0.717) is 10.1 Å². The maximum atomic E-state index is 11.1. The summed E-state index contributed by atoms with van der Waals surface area (Å²) in [6, 6.07) is 0. The van der Waals surface area contributed by atoms with Gasteiger partial charge in [0.15, 0.2) is 0 Å². The summed E-state index contributed by atoms with van der Waals surface area (Å²) in [7, 11) is 2.30. The van der Waals surface area contributed by atoms with Crippen molar-refractivity contribution in [2.24, 2.45) is 0 Å². The Kier molecular flexibility index (Phi) is 11.4. The number of hydrogen-bond acceptors (Lipinski definition) is 6. The molecule has 0 bridgehead atoms. The molecule has 0 heterocycles. The number of rotatable bonds is 4. The third kappa shape index (κ3) is 15.3. The SMILES string of the molecule is C=C(C)C(=O)OC(C)[N+](C)(C)C.COS(=O)(=O)[O-].Cl. The average Bonchev–Trinajstić information content (AvgIpc) is 2.15. The third-order valence-corrected chi connectivity index (χ3v) is 2.33. The molecule has 0 aromatic carbocycles. The van der Waals surface area contributed by atoms with E-state index in [1.807, 2.05) is 28.1 Å². The van der Waals surface area contributed by atoms with Crippen molar-refractivity contribution < 1.29 is 31.2 Å². The van der Waals surface area contributed by atoms with Crippen LogP contribution < -0.4 is 0 Å². The molecule has 0 saturated carbocycles. The molecule has 0 aliphatic rings. The zero-order chi connectivity index (χ0) is 15.1. The van der Waals surface area contributed by atoms with Gasteiger partial charge in [-0.1, -0.05) is 6.58 Å². The summed E-state index contributed by atoms with van der Waals surface area (Å²) in [6.07, 6.45) is -0.144. The summed E-state index contributed by atoms with van der Waals surface area (Å²) in [5, 5.41) is 0. The molecular formula is C10H22ClNO6S. The summed E-state index contributed by atoms with van der Waals surface area (Å²) < 4.78 is 36.7. The average molecular weight is 320 g/mol. The summed E-state index contributed by atoms with van der Waals surface area (Å²) >= 11 is 0.